The predicted molar refractivity (Wildman–Crippen MR) is 80.2 cm³/mol. The molecule has 118 valence electrons. The lowest BCUT2D eigenvalue weighted by molar-refractivity contribution is 0.00314. The molecular weight excluding hydrogens is 274 g/mol. The van der Waals surface area contributed by atoms with Gasteiger partial charge in [-0.25, -0.2) is 5.84 Å². The normalized spacial score (nSPS) is 18.7. The number of hydrogen-bond acceptors (Lipinski definition) is 9. The van der Waals surface area contributed by atoms with Crippen molar-refractivity contribution in [3.05, 3.63) is 0 Å². The van der Waals surface area contributed by atoms with Crippen LogP contribution in [0.25, 0.3) is 0 Å². The van der Waals surface area contributed by atoms with E-state index in [0.717, 1.165) is 13.1 Å². The molecule has 9 heteroatoms. The van der Waals surface area contributed by atoms with Crippen LogP contribution in [-0.2, 0) is 4.74 Å². The van der Waals surface area contributed by atoms with E-state index in [1.54, 1.807) is 0 Å². The van der Waals surface area contributed by atoms with Gasteiger partial charge in [0.2, 0.25) is 17.8 Å². The fraction of sp³-hybridized carbons (Fsp3) is 0.750. The summed E-state index contributed by atoms with van der Waals surface area (Å²) in [6.45, 7) is 7.40. The standard InChI is InChI=1S/C12H23N7O2/c1-3-18(4-2)11-14-10(17-13)15-12(16-11)19-5-6-21-9(7-19)8-20/h9,20H,3-8,13H2,1-2H3,(H,14,15,16,17). The zero-order chi connectivity index (χ0) is 15.2. The minimum Gasteiger partial charge on any atom is -0.394 e. The van der Waals surface area contributed by atoms with Gasteiger partial charge in [0.15, 0.2) is 0 Å². The largest absolute Gasteiger partial charge is 0.394 e. The first-order valence-corrected chi connectivity index (χ1v) is 7.16. The van der Waals surface area contributed by atoms with Crippen LogP contribution in [0, 0.1) is 0 Å². The Morgan fingerprint density at radius 1 is 1.38 bits per heavy atom. The molecular formula is C12H23N7O2. The number of morpholine rings is 1. The molecule has 0 saturated carbocycles. The van der Waals surface area contributed by atoms with Crippen molar-refractivity contribution >= 4 is 17.8 Å². The second kappa shape index (κ2) is 7.34. The van der Waals surface area contributed by atoms with Crippen LogP contribution in [0.5, 0.6) is 0 Å². The quantitative estimate of drug-likeness (QED) is 0.459. The highest BCUT2D eigenvalue weighted by molar-refractivity contribution is 5.45. The Kier molecular flexibility index (Phi) is 5.48. The summed E-state index contributed by atoms with van der Waals surface area (Å²) >= 11 is 0. The monoisotopic (exact) mass is 297 g/mol. The topological polar surface area (TPSA) is 113 Å². The summed E-state index contributed by atoms with van der Waals surface area (Å²) in [5.41, 5.74) is 2.48. The molecule has 1 saturated heterocycles. The number of nitrogens with zero attached hydrogens (tertiary/aromatic N) is 5. The van der Waals surface area contributed by atoms with E-state index in [9.17, 15) is 5.11 Å². The number of ether oxygens (including phenoxy) is 1. The highest BCUT2D eigenvalue weighted by Crippen LogP contribution is 2.18. The van der Waals surface area contributed by atoms with Crippen LogP contribution in [-0.4, -0.2) is 65.6 Å². The Labute approximate surface area is 124 Å². The molecule has 9 nitrogen and oxygen atoms in total. The predicted octanol–water partition coefficient (Wildman–Crippen LogP) is -0.799. The zero-order valence-electron chi connectivity index (χ0n) is 12.5. The molecule has 0 aromatic carbocycles. The lowest BCUT2D eigenvalue weighted by Gasteiger charge is -2.32. The Bertz CT molecular complexity index is 455. The highest BCUT2D eigenvalue weighted by Gasteiger charge is 2.23. The van der Waals surface area contributed by atoms with E-state index in [2.05, 4.69) is 20.4 Å². The molecule has 1 fully saturated rings. The maximum absolute atomic E-state index is 9.23. The van der Waals surface area contributed by atoms with Gasteiger partial charge in [0.1, 0.15) is 0 Å². The van der Waals surface area contributed by atoms with E-state index in [0.29, 0.717) is 37.5 Å². The lowest BCUT2D eigenvalue weighted by atomic mass is 10.3. The maximum Gasteiger partial charge on any atom is 0.243 e. The van der Waals surface area contributed by atoms with Gasteiger partial charge in [0, 0.05) is 26.2 Å². The summed E-state index contributed by atoms with van der Waals surface area (Å²) in [5.74, 6) is 6.91. The summed E-state index contributed by atoms with van der Waals surface area (Å²) in [5, 5.41) is 9.23. The highest BCUT2D eigenvalue weighted by atomic mass is 16.5. The van der Waals surface area contributed by atoms with Crippen molar-refractivity contribution in [2.75, 3.05) is 54.6 Å². The summed E-state index contributed by atoms with van der Waals surface area (Å²) in [6, 6.07) is 0. The minimum absolute atomic E-state index is 0.0213. The number of aliphatic hydroxyl groups is 1. The summed E-state index contributed by atoms with van der Waals surface area (Å²) < 4.78 is 5.44. The second-order valence-corrected chi connectivity index (χ2v) is 4.70. The van der Waals surface area contributed by atoms with E-state index in [1.165, 1.54) is 0 Å². The van der Waals surface area contributed by atoms with Crippen molar-refractivity contribution in [2.24, 2.45) is 5.84 Å². The molecule has 4 N–H and O–H groups in total. The fourth-order valence-corrected chi connectivity index (χ4v) is 2.22. The molecule has 0 amide bonds. The Balaban J connectivity index is 2.27. The van der Waals surface area contributed by atoms with Gasteiger partial charge >= 0.3 is 0 Å². The summed E-state index contributed by atoms with van der Waals surface area (Å²) in [7, 11) is 0. The van der Waals surface area contributed by atoms with Crippen LogP contribution in [0.2, 0.25) is 0 Å². The molecule has 1 unspecified atom stereocenters. The second-order valence-electron chi connectivity index (χ2n) is 4.70. The summed E-state index contributed by atoms with van der Waals surface area (Å²) in [4.78, 5) is 17.1. The third kappa shape index (κ3) is 3.69. The molecule has 1 atom stereocenters. The smallest absolute Gasteiger partial charge is 0.243 e. The minimum atomic E-state index is -0.221. The number of nitrogen functional groups attached to an aromatic ring is 1. The van der Waals surface area contributed by atoms with Crippen molar-refractivity contribution in [3.8, 4) is 0 Å². The first-order valence-electron chi connectivity index (χ1n) is 7.16. The van der Waals surface area contributed by atoms with Gasteiger partial charge in [-0.2, -0.15) is 15.0 Å². The van der Waals surface area contributed by atoms with Crippen molar-refractivity contribution in [2.45, 2.75) is 20.0 Å². The lowest BCUT2D eigenvalue weighted by Crippen LogP contribution is -2.45. The van der Waals surface area contributed by atoms with Crippen LogP contribution in [0.15, 0.2) is 0 Å². The first-order chi connectivity index (χ1) is 10.2. The van der Waals surface area contributed by atoms with Gasteiger partial charge in [-0.1, -0.05) is 0 Å². The van der Waals surface area contributed by atoms with E-state index in [-0.39, 0.29) is 12.7 Å². The van der Waals surface area contributed by atoms with Crippen LogP contribution >= 0.6 is 0 Å². The van der Waals surface area contributed by atoms with E-state index >= 15 is 0 Å². The van der Waals surface area contributed by atoms with E-state index in [1.807, 2.05) is 23.6 Å². The van der Waals surface area contributed by atoms with Gasteiger partial charge in [-0.05, 0) is 13.8 Å². The van der Waals surface area contributed by atoms with Crippen LogP contribution in [0.1, 0.15) is 13.8 Å². The average Bonchev–Trinajstić information content (AvgIpc) is 2.55. The third-order valence-corrected chi connectivity index (χ3v) is 3.41. The number of aliphatic hydroxyl groups excluding tert-OH is 1. The SMILES string of the molecule is CCN(CC)c1nc(NN)nc(N2CCOC(CO)C2)n1. The van der Waals surface area contributed by atoms with Gasteiger partial charge in [0.25, 0.3) is 0 Å². The van der Waals surface area contributed by atoms with Gasteiger partial charge in [-0.3, -0.25) is 5.43 Å². The average molecular weight is 297 g/mol. The number of nitrogens with one attached hydrogen (secondary N) is 1. The molecule has 1 aliphatic rings. The van der Waals surface area contributed by atoms with Gasteiger partial charge in [-0.15, -0.1) is 0 Å². The number of anilines is 3. The van der Waals surface area contributed by atoms with Crippen molar-refractivity contribution in [1.82, 2.24) is 15.0 Å². The molecule has 0 aliphatic carbocycles. The Morgan fingerprint density at radius 2 is 2.14 bits per heavy atom. The third-order valence-electron chi connectivity index (χ3n) is 3.41. The molecule has 1 aliphatic heterocycles. The first kappa shape index (κ1) is 15.7. The van der Waals surface area contributed by atoms with Crippen molar-refractivity contribution in [3.63, 3.8) is 0 Å². The van der Waals surface area contributed by atoms with Gasteiger partial charge < -0.3 is 19.6 Å². The van der Waals surface area contributed by atoms with Crippen LogP contribution in [0.3, 0.4) is 0 Å². The number of aromatic nitrogens is 3. The van der Waals surface area contributed by atoms with Gasteiger partial charge in [0.05, 0.1) is 19.3 Å². The molecule has 1 aromatic heterocycles. The zero-order valence-corrected chi connectivity index (χ0v) is 12.5. The number of hydrazine groups is 1. The maximum atomic E-state index is 9.23. The van der Waals surface area contributed by atoms with E-state index in [4.69, 9.17) is 10.6 Å². The Morgan fingerprint density at radius 3 is 2.76 bits per heavy atom. The molecule has 2 heterocycles. The fourth-order valence-electron chi connectivity index (χ4n) is 2.22. The van der Waals surface area contributed by atoms with Crippen molar-refractivity contribution in [1.29, 1.82) is 0 Å². The Hall–Kier alpha value is -1.71. The van der Waals surface area contributed by atoms with Crippen LogP contribution in [0.4, 0.5) is 17.8 Å². The number of rotatable bonds is 6. The molecule has 0 bridgehead atoms. The molecule has 1 aromatic rings. The molecule has 0 spiro atoms. The van der Waals surface area contributed by atoms with E-state index < -0.39 is 0 Å². The molecule has 21 heavy (non-hydrogen) atoms. The van der Waals surface area contributed by atoms with Crippen molar-refractivity contribution < 1.29 is 9.84 Å². The van der Waals surface area contributed by atoms with Crippen LogP contribution < -0.4 is 21.1 Å². The number of hydrogen-bond donors (Lipinski definition) is 3. The molecule has 2 rings (SSSR count). The summed E-state index contributed by atoms with van der Waals surface area (Å²) in [6.07, 6.45) is -0.221. The molecule has 0 radical (unpaired) electrons. The number of nitrogens with two attached hydrogens (primary N) is 1.